The molecule has 1 aromatic carbocycles. The molecule has 0 fully saturated rings. The second-order valence-electron chi connectivity index (χ2n) is 4.42. The summed E-state index contributed by atoms with van der Waals surface area (Å²) in [7, 11) is 0. The molecule has 5 nitrogen and oxygen atoms in total. The smallest absolute Gasteiger partial charge is 0.360 e. The zero-order valence-corrected chi connectivity index (χ0v) is 13.3. The number of aryl methyl sites for hydroxylation is 1. The van der Waals surface area contributed by atoms with Crippen LogP contribution in [0, 0.1) is 0 Å². The van der Waals surface area contributed by atoms with E-state index in [9.17, 15) is 9.59 Å². The summed E-state index contributed by atoms with van der Waals surface area (Å²) in [6.07, 6.45) is 1.83. The standard InChI is InChI=1S/C15H15BrN2O3/c1-3-18-9-11(16)8-14(18)15(20)21-13-6-4-12(5-7-13)17-10(2)19/h4-9H,3H2,1-2H3,(H,17,19). The van der Waals surface area contributed by atoms with Crippen molar-refractivity contribution in [3.8, 4) is 5.75 Å². The molecule has 0 atom stereocenters. The first-order valence-electron chi connectivity index (χ1n) is 6.45. The molecule has 0 unspecified atom stereocenters. The van der Waals surface area contributed by atoms with Crippen LogP contribution in [0.1, 0.15) is 24.3 Å². The van der Waals surface area contributed by atoms with E-state index in [1.54, 1.807) is 34.9 Å². The van der Waals surface area contributed by atoms with Gasteiger partial charge in [-0.05, 0) is 53.2 Å². The Morgan fingerprint density at radius 1 is 1.29 bits per heavy atom. The van der Waals surface area contributed by atoms with E-state index in [2.05, 4.69) is 21.2 Å². The van der Waals surface area contributed by atoms with Crippen LogP contribution in [0.25, 0.3) is 0 Å². The summed E-state index contributed by atoms with van der Waals surface area (Å²) >= 11 is 3.34. The predicted octanol–water partition coefficient (Wildman–Crippen LogP) is 3.45. The normalized spacial score (nSPS) is 10.2. The lowest BCUT2D eigenvalue weighted by atomic mass is 10.3. The molecule has 6 heteroatoms. The Labute approximate surface area is 131 Å². The molecule has 0 bridgehead atoms. The minimum atomic E-state index is -0.421. The Morgan fingerprint density at radius 3 is 2.52 bits per heavy atom. The molecule has 2 aromatic rings. The van der Waals surface area contributed by atoms with E-state index in [1.807, 2.05) is 13.1 Å². The molecule has 0 aliphatic carbocycles. The van der Waals surface area contributed by atoms with Gasteiger partial charge in [-0.3, -0.25) is 4.79 Å². The van der Waals surface area contributed by atoms with Crippen LogP contribution < -0.4 is 10.1 Å². The third-order valence-corrected chi connectivity index (χ3v) is 3.23. The average Bonchev–Trinajstić information content (AvgIpc) is 2.82. The number of nitrogens with one attached hydrogen (secondary N) is 1. The van der Waals surface area contributed by atoms with Gasteiger partial charge in [-0.15, -0.1) is 0 Å². The Hall–Kier alpha value is -2.08. The minimum Gasteiger partial charge on any atom is -0.422 e. The summed E-state index contributed by atoms with van der Waals surface area (Å²) in [5.41, 5.74) is 1.14. The van der Waals surface area contributed by atoms with Crippen LogP contribution in [0.5, 0.6) is 5.75 Å². The first-order valence-corrected chi connectivity index (χ1v) is 7.24. The van der Waals surface area contributed by atoms with Gasteiger partial charge in [-0.1, -0.05) is 0 Å². The number of hydrogen-bond donors (Lipinski definition) is 1. The van der Waals surface area contributed by atoms with Crippen LogP contribution in [-0.4, -0.2) is 16.4 Å². The molecule has 0 aliphatic heterocycles. The quantitative estimate of drug-likeness (QED) is 0.678. The number of rotatable bonds is 4. The van der Waals surface area contributed by atoms with Crippen molar-refractivity contribution in [3.63, 3.8) is 0 Å². The predicted molar refractivity (Wildman–Crippen MR) is 83.5 cm³/mol. The maximum Gasteiger partial charge on any atom is 0.360 e. The summed E-state index contributed by atoms with van der Waals surface area (Å²) < 4.78 is 7.96. The summed E-state index contributed by atoms with van der Waals surface area (Å²) in [4.78, 5) is 23.1. The monoisotopic (exact) mass is 350 g/mol. The van der Waals surface area contributed by atoms with E-state index in [-0.39, 0.29) is 5.91 Å². The van der Waals surface area contributed by atoms with Gasteiger partial charge in [0, 0.05) is 29.8 Å². The number of ether oxygens (including phenoxy) is 1. The summed E-state index contributed by atoms with van der Waals surface area (Å²) in [6.45, 7) is 4.06. The number of esters is 1. The number of halogens is 1. The Balaban J connectivity index is 2.10. The number of carbonyl (C=O) groups is 2. The van der Waals surface area contributed by atoms with Gasteiger partial charge in [0.15, 0.2) is 0 Å². The molecule has 2 rings (SSSR count). The fourth-order valence-electron chi connectivity index (χ4n) is 1.88. The molecule has 0 saturated heterocycles. The Morgan fingerprint density at radius 2 is 1.95 bits per heavy atom. The molecular weight excluding hydrogens is 336 g/mol. The zero-order valence-electron chi connectivity index (χ0n) is 11.7. The summed E-state index contributed by atoms with van der Waals surface area (Å²) in [6, 6.07) is 8.35. The molecule has 1 aromatic heterocycles. The van der Waals surface area contributed by atoms with Gasteiger partial charge >= 0.3 is 5.97 Å². The van der Waals surface area contributed by atoms with Crippen molar-refractivity contribution in [1.29, 1.82) is 0 Å². The SMILES string of the molecule is CCn1cc(Br)cc1C(=O)Oc1ccc(NC(C)=O)cc1. The lowest BCUT2D eigenvalue weighted by molar-refractivity contribution is -0.114. The van der Waals surface area contributed by atoms with Crippen LogP contribution in [0.2, 0.25) is 0 Å². The van der Waals surface area contributed by atoms with Crippen molar-refractivity contribution in [2.24, 2.45) is 0 Å². The van der Waals surface area contributed by atoms with Crippen LogP contribution >= 0.6 is 15.9 Å². The van der Waals surface area contributed by atoms with Crippen LogP contribution in [0.3, 0.4) is 0 Å². The summed E-state index contributed by atoms with van der Waals surface area (Å²) in [5, 5.41) is 2.65. The highest BCUT2D eigenvalue weighted by atomic mass is 79.9. The Kier molecular flexibility index (Phi) is 4.80. The lowest BCUT2D eigenvalue weighted by Gasteiger charge is -2.07. The van der Waals surface area contributed by atoms with E-state index >= 15 is 0 Å². The first-order chi connectivity index (χ1) is 9.99. The lowest BCUT2D eigenvalue weighted by Crippen LogP contribution is -2.13. The third-order valence-electron chi connectivity index (χ3n) is 2.80. The maximum absolute atomic E-state index is 12.1. The Bertz CT molecular complexity index is 662. The topological polar surface area (TPSA) is 60.3 Å². The van der Waals surface area contributed by atoms with Crippen LogP contribution in [-0.2, 0) is 11.3 Å². The van der Waals surface area contributed by atoms with Crippen molar-refractivity contribution in [2.45, 2.75) is 20.4 Å². The van der Waals surface area contributed by atoms with Crippen LogP contribution in [0.4, 0.5) is 5.69 Å². The van der Waals surface area contributed by atoms with Crippen molar-refractivity contribution >= 4 is 33.5 Å². The van der Waals surface area contributed by atoms with Gasteiger partial charge in [-0.2, -0.15) is 0 Å². The molecule has 21 heavy (non-hydrogen) atoms. The highest BCUT2D eigenvalue weighted by Crippen LogP contribution is 2.19. The maximum atomic E-state index is 12.1. The molecular formula is C15H15BrN2O3. The number of carbonyl (C=O) groups excluding carboxylic acids is 2. The fourth-order valence-corrected chi connectivity index (χ4v) is 2.34. The molecule has 0 saturated carbocycles. The number of nitrogens with zero attached hydrogens (tertiary/aromatic N) is 1. The van der Waals surface area contributed by atoms with Crippen molar-refractivity contribution in [1.82, 2.24) is 4.57 Å². The molecule has 0 spiro atoms. The van der Waals surface area contributed by atoms with Gasteiger partial charge in [0.25, 0.3) is 0 Å². The molecule has 1 N–H and O–H groups in total. The van der Waals surface area contributed by atoms with E-state index in [0.29, 0.717) is 23.7 Å². The minimum absolute atomic E-state index is 0.148. The number of amides is 1. The third kappa shape index (κ3) is 3.95. The van der Waals surface area contributed by atoms with Crippen molar-refractivity contribution < 1.29 is 14.3 Å². The van der Waals surface area contributed by atoms with E-state index in [4.69, 9.17) is 4.74 Å². The highest BCUT2D eigenvalue weighted by Gasteiger charge is 2.14. The number of hydrogen-bond acceptors (Lipinski definition) is 3. The van der Waals surface area contributed by atoms with Gasteiger partial charge < -0.3 is 14.6 Å². The number of benzene rings is 1. The zero-order chi connectivity index (χ0) is 15.4. The molecule has 0 radical (unpaired) electrons. The largest absolute Gasteiger partial charge is 0.422 e. The van der Waals surface area contributed by atoms with Gasteiger partial charge in [0.05, 0.1) is 0 Å². The second-order valence-corrected chi connectivity index (χ2v) is 5.34. The first kappa shape index (κ1) is 15.3. The van der Waals surface area contributed by atoms with Crippen molar-refractivity contribution in [2.75, 3.05) is 5.32 Å². The average molecular weight is 351 g/mol. The van der Waals surface area contributed by atoms with Gasteiger partial charge in [0.1, 0.15) is 11.4 Å². The van der Waals surface area contributed by atoms with Gasteiger partial charge in [-0.25, -0.2) is 4.79 Å². The molecule has 0 aliphatic rings. The molecule has 110 valence electrons. The van der Waals surface area contributed by atoms with E-state index in [1.165, 1.54) is 6.92 Å². The van der Waals surface area contributed by atoms with E-state index < -0.39 is 5.97 Å². The second kappa shape index (κ2) is 6.58. The highest BCUT2D eigenvalue weighted by molar-refractivity contribution is 9.10. The fraction of sp³-hybridized carbons (Fsp3) is 0.200. The van der Waals surface area contributed by atoms with Crippen LogP contribution in [0.15, 0.2) is 41.0 Å². The van der Waals surface area contributed by atoms with E-state index in [0.717, 1.165) is 4.47 Å². The molecule has 1 heterocycles. The van der Waals surface area contributed by atoms with Crippen molar-refractivity contribution in [3.05, 3.63) is 46.7 Å². The number of aromatic nitrogens is 1. The number of anilines is 1. The summed E-state index contributed by atoms with van der Waals surface area (Å²) in [5.74, 6) is -0.144. The van der Waals surface area contributed by atoms with Gasteiger partial charge in [0.2, 0.25) is 5.91 Å². The molecule has 1 amide bonds.